The fraction of sp³-hybridized carbons (Fsp3) is 0.889. The standard InChI is InChI=1S/C9H19NO2/c1-6(7(2)11)10-8(12)9(3,4)5/h6-7,11H,1-5H3,(H,10,12). The van der Waals surface area contributed by atoms with Gasteiger partial charge in [0.2, 0.25) is 5.91 Å². The number of aliphatic hydroxyl groups is 1. The Labute approximate surface area is 74.2 Å². The summed E-state index contributed by atoms with van der Waals surface area (Å²) in [5.74, 6) is -0.0316. The van der Waals surface area contributed by atoms with Crippen molar-refractivity contribution in [3.63, 3.8) is 0 Å². The highest BCUT2D eigenvalue weighted by Gasteiger charge is 2.23. The van der Waals surface area contributed by atoms with Gasteiger partial charge in [-0.15, -0.1) is 0 Å². The van der Waals surface area contributed by atoms with Crippen LogP contribution >= 0.6 is 0 Å². The van der Waals surface area contributed by atoms with Crippen molar-refractivity contribution in [1.29, 1.82) is 0 Å². The minimum absolute atomic E-state index is 0.0316. The van der Waals surface area contributed by atoms with E-state index in [0.29, 0.717) is 0 Å². The maximum Gasteiger partial charge on any atom is 0.225 e. The van der Waals surface area contributed by atoms with Gasteiger partial charge in [0, 0.05) is 5.41 Å². The molecule has 0 heterocycles. The molecule has 0 aliphatic carbocycles. The molecule has 0 spiro atoms. The van der Waals surface area contributed by atoms with Crippen molar-refractivity contribution >= 4 is 5.91 Å². The highest BCUT2D eigenvalue weighted by molar-refractivity contribution is 5.81. The van der Waals surface area contributed by atoms with Crippen LogP contribution in [0.4, 0.5) is 0 Å². The van der Waals surface area contributed by atoms with Gasteiger partial charge < -0.3 is 10.4 Å². The second-order valence-electron chi connectivity index (χ2n) is 4.25. The van der Waals surface area contributed by atoms with Gasteiger partial charge in [0.25, 0.3) is 0 Å². The number of hydrogen-bond acceptors (Lipinski definition) is 2. The van der Waals surface area contributed by atoms with Crippen LogP contribution in [0.25, 0.3) is 0 Å². The lowest BCUT2D eigenvalue weighted by Crippen LogP contribution is -2.44. The molecule has 0 bridgehead atoms. The Morgan fingerprint density at radius 1 is 1.33 bits per heavy atom. The molecule has 0 radical (unpaired) electrons. The Bertz CT molecular complexity index is 158. The first-order chi connectivity index (χ1) is 5.25. The van der Waals surface area contributed by atoms with Crippen LogP contribution in [0.3, 0.4) is 0 Å². The molecule has 2 unspecified atom stereocenters. The van der Waals surface area contributed by atoms with Crippen LogP contribution in [0, 0.1) is 5.41 Å². The molecule has 12 heavy (non-hydrogen) atoms. The summed E-state index contributed by atoms with van der Waals surface area (Å²) in [6, 6.07) is -0.184. The quantitative estimate of drug-likeness (QED) is 0.652. The van der Waals surface area contributed by atoms with E-state index in [1.54, 1.807) is 13.8 Å². The van der Waals surface area contributed by atoms with Gasteiger partial charge in [-0.1, -0.05) is 20.8 Å². The third-order valence-electron chi connectivity index (χ3n) is 1.76. The first kappa shape index (κ1) is 11.4. The average Bonchev–Trinajstić information content (AvgIpc) is 1.85. The monoisotopic (exact) mass is 173 g/mol. The zero-order valence-electron chi connectivity index (χ0n) is 8.51. The number of carbonyl (C=O) groups excluding carboxylic acids is 1. The molecule has 2 N–H and O–H groups in total. The maximum absolute atomic E-state index is 11.4. The molecule has 0 aromatic heterocycles. The van der Waals surface area contributed by atoms with E-state index in [4.69, 9.17) is 5.11 Å². The van der Waals surface area contributed by atoms with Crippen LogP contribution < -0.4 is 5.32 Å². The van der Waals surface area contributed by atoms with Gasteiger partial charge in [0.1, 0.15) is 0 Å². The summed E-state index contributed by atoms with van der Waals surface area (Å²) in [6.45, 7) is 8.98. The molecule has 1 amide bonds. The van der Waals surface area contributed by atoms with Gasteiger partial charge in [0.05, 0.1) is 12.1 Å². The molecule has 0 aliphatic heterocycles. The highest BCUT2D eigenvalue weighted by atomic mass is 16.3. The van der Waals surface area contributed by atoms with Crippen molar-refractivity contribution in [3.8, 4) is 0 Å². The molecule has 2 atom stereocenters. The molecule has 0 aliphatic rings. The summed E-state index contributed by atoms with van der Waals surface area (Å²) in [7, 11) is 0. The minimum atomic E-state index is -0.503. The van der Waals surface area contributed by atoms with Gasteiger partial charge in [-0.05, 0) is 13.8 Å². The molecule has 3 heteroatoms. The fourth-order valence-corrected chi connectivity index (χ4v) is 0.544. The summed E-state index contributed by atoms with van der Waals surface area (Å²) in [6.07, 6.45) is -0.503. The summed E-state index contributed by atoms with van der Waals surface area (Å²) in [5.41, 5.74) is -0.386. The van der Waals surface area contributed by atoms with Crippen LogP contribution in [0.5, 0.6) is 0 Å². The van der Waals surface area contributed by atoms with Crippen molar-refractivity contribution in [3.05, 3.63) is 0 Å². The van der Waals surface area contributed by atoms with E-state index < -0.39 is 6.10 Å². The molecule has 72 valence electrons. The summed E-state index contributed by atoms with van der Waals surface area (Å²) >= 11 is 0. The topological polar surface area (TPSA) is 49.3 Å². The molecule has 0 saturated heterocycles. The number of nitrogens with one attached hydrogen (secondary N) is 1. The fourth-order valence-electron chi connectivity index (χ4n) is 0.544. The van der Waals surface area contributed by atoms with Crippen molar-refractivity contribution in [1.82, 2.24) is 5.32 Å². The zero-order valence-corrected chi connectivity index (χ0v) is 8.51. The van der Waals surface area contributed by atoms with E-state index in [9.17, 15) is 4.79 Å². The Hall–Kier alpha value is -0.570. The van der Waals surface area contributed by atoms with Crippen LogP contribution in [0.1, 0.15) is 34.6 Å². The molecule has 0 aromatic carbocycles. The number of amides is 1. The van der Waals surface area contributed by atoms with Crippen LogP contribution in [0.2, 0.25) is 0 Å². The number of aliphatic hydroxyl groups excluding tert-OH is 1. The number of rotatable bonds is 2. The maximum atomic E-state index is 11.4. The lowest BCUT2D eigenvalue weighted by atomic mass is 9.95. The SMILES string of the molecule is CC(O)C(C)NC(=O)C(C)(C)C. The molecular weight excluding hydrogens is 154 g/mol. The van der Waals surface area contributed by atoms with Crippen molar-refractivity contribution in [2.45, 2.75) is 46.8 Å². The first-order valence-electron chi connectivity index (χ1n) is 4.24. The Kier molecular flexibility index (Phi) is 3.71. The molecule has 0 saturated carbocycles. The third-order valence-corrected chi connectivity index (χ3v) is 1.76. The van der Waals surface area contributed by atoms with Crippen molar-refractivity contribution < 1.29 is 9.90 Å². The lowest BCUT2D eigenvalue weighted by molar-refractivity contribution is -0.129. The summed E-state index contributed by atoms with van der Waals surface area (Å²) < 4.78 is 0. The highest BCUT2D eigenvalue weighted by Crippen LogP contribution is 2.13. The second-order valence-corrected chi connectivity index (χ2v) is 4.25. The smallest absolute Gasteiger partial charge is 0.225 e. The first-order valence-corrected chi connectivity index (χ1v) is 4.24. The number of hydrogen-bond donors (Lipinski definition) is 2. The van der Waals surface area contributed by atoms with Gasteiger partial charge in [-0.25, -0.2) is 0 Å². The third kappa shape index (κ3) is 3.72. The Morgan fingerprint density at radius 3 is 2.00 bits per heavy atom. The van der Waals surface area contributed by atoms with Gasteiger partial charge in [-0.2, -0.15) is 0 Å². The van der Waals surface area contributed by atoms with Crippen molar-refractivity contribution in [2.75, 3.05) is 0 Å². The molecular formula is C9H19NO2. The zero-order chi connectivity index (χ0) is 9.94. The predicted molar refractivity (Wildman–Crippen MR) is 48.7 cm³/mol. The summed E-state index contributed by atoms with van der Waals surface area (Å²) in [4.78, 5) is 11.4. The van der Waals surface area contributed by atoms with E-state index in [0.717, 1.165) is 0 Å². The van der Waals surface area contributed by atoms with Crippen LogP contribution in [0.15, 0.2) is 0 Å². The second kappa shape index (κ2) is 3.90. The van der Waals surface area contributed by atoms with E-state index >= 15 is 0 Å². The van der Waals surface area contributed by atoms with Crippen LogP contribution in [-0.2, 0) is 4.79 Å². The number of carbonyl (C=O) groups is 1. The molecule has 0 rings (SSSR count). The van der Waals surface area contributed by atoms with E-state index in [2.05, 4.69) is 5.32 Å². The van der Waals surface area contributed by atoms with E-state index in [1.165, 1.54) is 0 Å². The van der Waals surface area contributed by atoms with Crippen LogP contribution in [-0.4, -0.2) is 23.2 Å². The van der Waals surface area contributed by atoms with Gasteiger partial charge >= 0.3 is 0 Å². The molecule has 0 fully saturated rings. The minimum Gasteiger partial charge on any atom is -0.391 e. The van der Waals surface area contributed by atoms with Gasteiger partial charge in [-0.3, -0.25) is 4.79 Å². The normalized spacial score (nSPS) is 16.8. The van der Waals surface area contributed by atoms with E-state index in [-0.39, 0.29) is 17.4 Å². The molecule has 0 aromatic rings. The Morgan fingerprint density at radius 2 is 1.75 bits per heavy atom. The largest absolute Gasteiger partial charge is 0.391 e. The Balaban J connectivity index is 4.02. The van der Waals surface area contributed by atoms with Crippen molar-refractivity contribution in [2.24, 2.45) is 5.41 Å². The summed E-state index contributed by atoms with van der Waals surface area (Å²) in [5, 5.41) is 11.9. The predicted octanol–water partition coefficient (Wildman–Crippen LogP) is 0.918. The van der Waals surface area contributed by atoms with E-state index in [1.807, 2.05) is 20.8 Å². The average molecular weight is 173 g/mol. The lowest BCUT2D eigenvalue weighted by Gasteiger charge is -2.23. The van der Waals surface area contributed by atoms with Gasteiger partial charge in [0.15, 0.2) is 0 Å². The molecule has 3 nitrogen and oxygen atoms in total.